The van der Waals surface area contributed by atoms with Crippen molar-refractivity contribution < 1.29 is 5.11 Å². The smallest absolute Gasteiger partial charge is 0.0977 e. The lowest BCUT2D eigenvalue weighted by Crippen LogP contribution is -2.44. The fraction of sp³-hybridized carbons (Fsp3) is 0.750. The van der Waals surface area contributed by atoms with Crippen LogP contribution >= 0.6 is 0 Å². The van der Waals surface area contributed by atoms with E-state index in [1.807, 2.05) is 13.2 Å². The maximum absolute atomic E-state index is 10.8. The summed E-state index contributed by atoms with van der Waals surface area (Å²) in [4.78, 5) is 0. The van der Waals surface area contributed by atoms with Gasteiger partial charge in [0.1, 0.15) is 0 Å². The quantitative estimate of drug-likeness (QED) is 0.768. The van der Waals surface area contributed by atoms with E-state index in [0.29, 0.717) is 0 Å². The maximum Gasteiger partial charge on any atom is 0.0977 e. The number of hydrogen-bond acceptors (Lipinski definition) is 2. The lowest BCUT2D eigenvalue weighted by molar-refractivity contribution is -0.104. The number of rotatable bonds is 1. The Morgan fingerprint density at radius 2 is 2.00 bits per heavy atom. The number of aromatic nitrogens is 2. The van der Waals surface area contributed by atoms with E-state index in [1.165, 1.54) is 6.42 Å². The summed E-state index contributed by atoms with van der Waals surface area (Å²) in [5.74, 6) is 0. The van der Waals surface area contributed by atoms with E-state index >= 15 is 0 Å². The molecule has 1 fully saturated rings. The highest BCUT2D eigenvalue weighted by atomic mass is 16.3. The van der Waals surface area contributed by atoms with Crippen LogP contribution in [0.1, 0.15) is 45.1 Å². The number of aryl methyl sites for hydroxylation is 1. The average Bonchev–Trinajstić information content (AvgIpc) is 2.58. The summed E-state index contributed by atoms with van der Waals surface area (Å²) in [6, 6.07) is 0. The van der Waals surface area contributed by atoms with Crippen LogP contribution in [0, 0.1) is 5.41 Å². The molecule has 1 saturated carbocycles. The Labute approximate surface area is 91.1 Å². The van der Waals surface area contributed by atoms with E-state index in [9.17, 15) is 5.11 Å². The van der Waals surface area contributed by atoms with E-state index in [-0.39, 0.29) is 5.41 Å². The van der Waals surface area contributed by atoms with Crippen molar-refractivity contribution in [1.29, 1.82) is 0 Å². The van der Waals surface area contributed by atoms with Crippen molar-refractivity contribution >= 4 is 0 Å². The molecule has 1 aromatic rings. The first kappa shape index (κ1) is 10.7. The Morgan fingerprint density at radius 1 is 1.33 bits per heavy atom. The van der Waals surface area contributed by atoms with Gasteiger partial charge in [0, 0.05) is 18.8 Å². The summed E-state index contributed by atoms with van der Waals surface area (Å²) >= 11 is 0. The molecular formula is C12H20N2O. The van der Waals surface area contributed by atoms with E-state index < -0.39 is 5.60 Å². The van der Waals surface area contributed by atoms with Crippen LogP contribution in [0.3, 0.4) is 0 Å². The second kappa shape index (κ2) is 3.34. The van der Waals surface area contributed by atoms with Gasteiger partial charge in [-0.1, -0.05) is 26.7 Å². The van der Waals surface area contributed by atoms with E-state index in [1.54, 1.807) is 10.9 Å². The van der Waals surface area contributed by atoms with Crippen molar-refractivity contribution in [3.63, 3.8) is 0 Å². The molecule has 3 nitrogen and oxygen atoms in total. The van der Waals surface area contributed by atoms with Gasteiger partial charge in [-0.05, 0) is 18.3 Å². The number of hydrogen-bond donors (Lipinski definition) is 1. The van der Waals surface area contributed by atoms with Crippen LogP contribution in [0.25, 0.3) is 0 Å². The minimum atomic E-state index is -0.695. The monoisotopic (exact) mass is 208 g/mol. The lowest BCUT2D eigenvalue weighted by atomic mass is 9.63. The van der Waals surface area contributed by atoms with Crippen LogP contribution in [0.5, 0.6) is 0 Å². The third-order valence-corrected chi connectivity index (χ3v) is 3.89. The Hall–Kier alpha value is -0.830. The van der Waals surface area contributed by atoms with Gasteiger partial charge in [-0.25, -0.2) is 0 Å². The highest BCUT2D eigenvalue weighted by Crippen LogP contribution is 2.49. The van der Waals surface area contributed by atoms with Gasteiger partial charge in [-0.2, -0.15) is 5.10 Å². The van der Waals surface area contributed by atoms with Crippen LogP contribution in [0.15, 0.2) is 12.4 Å². The molecule has 1 aliphatic carbocycles. The van der Waals surface area contributed by atoms with Crippen molar-refractivity contribution in [2.45, 2.75) is 45.1 Å². The van der Waals surface area contributed by atoms with Crippen molar-refractivity contribution in [2.24, 2.45) is 12.5 Å². The van der Waals surface area contributed by atoms with E-state index in [4.69, 9.17) is 0 Å². The van der Waals surface area contributed by atoms with Crippen LogP contribution in [0.2, 0.25) is 0 Å². The van der Waals surface area contributed by atoms with Crippen LogP contribution in [0.4, 0.5) is 0 Å². The Balaban J connectivity index is 2.39. The normalized spacial score (nSPS) is 30.4. The minimum absolute atomic E-state index is 0.0473. The topological polar surface area (TPSA) is 38.0 Å². The van der Waals surface area contributed by atoms with Crippen LogP contribution in [-0.4, -0.2) is 14.9 Å². The molecule has 0 radical (unpaired) electrons. The molecule has 0 saturated heterocycles. The van der Waals surface area contributed by atoms with Gasteiger partial charge in [0.05, 0.1) is 11.8 Å². The lowest BCUT2D eigenvalue weighted by Gasteiger charge is -2.46. The predicted molar refractivity (Wildman–Crippen MR) is 59.4 cm³/mol. The van der Waals surface area contributed by atoms with Gasteiger partial charge >= 0.3 is 0 Å². The number of aliphatic hydroxyl groups is 1. The molecule has 0 spiro atoms. The summed E-state index contributed by atoms with van der Waals surface area (Å²) < 4.78 is 1.76. The zero-order chi connectivity index (χ0) is 11.1. The van der Waals surface area contributed by atoms with E-state index in [0.717, 1.165) is 24.8 Å². The third-order valence-electron chi connectivity index (χ3n) is 3.89. The highest BCUT2D eigenvalue weighted by molar-refractivity contribution is 5.20. The Bertz CT molecular complexity index is 356. The zero-order valence-electron chi connectivity index (χ0n) is 9.82. The van der Waals surface area contributed by atoms with Crippen molar-refractivity contribution in [3.05, 3.63) is 18.0 Å². The fourth-order valence-electron chi connectivity index (χ4n) is 2.66. The predicted octanol–water partition coefficient (Wildman–Crippen LogP) is 2.21. The first-order chi connectivity index (χ1) is 6.96. The molecule has 1 unspecified atom stereocenters. The molecule has 15 heavy (non-hydrogen) atoms. The maximum atomic E-state index is 10.8. The Morgan fingerprint density at radius 3 is 2.53 bits per heavy atom. The summed E-state index contributed by atoms with van der Waals surface area (Å²) in [6.45, 7) is 4.30. The highest BCUT2D eigenvalue weighted by Gasteiger charge is 2.46. The van der Waals surface area contributed by atoms with Gasteiger partial charge in [-0.3, -0.25) is 4.68 Å². The van der Waals surface area contributed by atoms with Gasteiger partial charge in [0.15, 0.2) is 0 Å². The second-order valence-corrected chi connectivity index (χ2v) is 5.35. The standard InChI is InChI=1S/C12H20N2O/c1-11(2)6-4-5-7-12(11,15)10-8-13-14(3)9-10/h8-9,15H,4-7H2,1-3H3. The summed E-state index contributed by atoms with van der Waals surface area (Å²) in [6.07, 6.45) is 7.99. The summed E-state index contributed by atoms with van der Waals surface area (Å²) in [5.41, 5.74) is 0.225. The van der Waals surface area contributed by atoms with Gasteiger partial charge in [-0.15, -0.1) is 0 Å². The molecule has 0 aliphatic heterocycles. The Kier molecular flexibility index (Phi) is 2.38. The van der Waals surface area contributed by atoms with Crippen molar-refractivity contribution in [2.75, 3.05) is 0 Å². The minimum Gasteiger partial charge on any atom is -0.384 e. The van der Waals surface area contributed by atoms with Crippen LogP contribution in [-0.2, 0) is 12.6 Å². The fourth-order valence-corrected chi connectivity index (χ4v) is 2.66. The molecule has 0 amide bonds. The van der Waals surface area contributed by atoms with Gasteiger partial charge in [0.2, 0.25) is 0 Å². The zero-order valence-corrected chi connectivity index (χ0v) is 9.82. The van der Waals surface area contributed by atoms with E-state index in [2.05, 4.69) is 18.9 Å². The molecule has 1 N–H and O–H groups in total. The molecule has 1 aromatic heterocycles. The number of nitrogens with zero attached hydrogens (tertiary/aromatic N) is 2. The van der Waals surface area contributed by atoms with Gasteiger partial charge < -0.3 is 5.11 Å². The second-order valence-electron chi connectivity index (χ2n) is 5.35. The van der Waals surface area contributed by atoms with Crippen molar-refractivity contribution in [3.8, 4) is 0 Å². The largest absolute Gasteiger partial charge is 0.384 e. The molecule has 0 bridgehead atoms. The summed E-state index contributed by atoms with van der Waals surface area (Å²) in [5, 5.41) is 15.0. The molecule has 0 aromatic carbocycles. The summed E-state index contributed by atoms with van der Waals surface area (Å²) in [7, 11) is 1.89. The third kappa shape index (κ3) is 1.59. The molecule has 1 atom stereocenters. The average molecular weight is 208 g/mol. The van der Waals surface area contributed by atoms with Crippen molar-refractivity contribution in [1.82, 2.24) is 9.78 Å². The van der Waals surface area contributed by atoms with Crippen LogP contribution < -0.4 is 0 Å². The molecule has 3 heteroatoms. The van der Waals surface area contributed by atoms with Gasteiger partial charge in [0.25, 0.3) is 0 Å². The molecule has 1 aliphatic rings. The SMILES string of the molecule is Cn1cc(C2(O)CCCCC2(C)C)cn1. The molecule has 84 valence electrons. The molecule has 2 rings (SSSR count). The first-order valence-corrected chi connectivity index (χ1v) is 5.67. The molecule has 1 heterocycles. The molecular weight excluding hydrogens is 188 g/mol. The first-order valence-electron chi connectivity index (χ1n) is 5.67.